The van der Waals surface area contributed by atoms with Gasteiger partial charge in [0.2, 0.25) is 0 Å². The fraction of sp³-hybridized carbons (Fsp3) is 0.600. The maximum atomic E-state index is 12.4. The number of piperidine rings is 1. The normalized spacial score (nSPS) is 19.6. The van der Waals surface area contributed by atoms with Crippen LogP contribution in [0.2, 0.25) is 0 Å². The molecule has 1 atom stereocenters. The number of rotatable bonds is 3. The minimum absolute atomic E-state index is 0. The van der Waals surface area contributed by atoms with Gasteiger partial charge in [-0.05, 0) is 36.9 Å². The summed E-state index contributed by atoms with van der Waals surface area (Å²) in [5, 5.41) is 6.10. The Hall–Kier alpha value is -1.05. The molecule has 1 fully saturated rings. The van der Waals surface area contributed by atoms with Gasteiger partial charge in [-0.3, -0.25) is 9.78 Å². The Morgan fingerprint density at radius 1 is 1.38 bits per heavy atom. The van der Waals surface area contributed by atoms with Crippen LogP contribution >= 0.6 is 24.8 Å². The standard InChI is InChI=1S/C15H20F3N3O.2ClH/c1-14(2)6-3-7-19-12(14)9-21-13(22)11-5-4-10(8-20-11)15(16,17)18;;/h4-5,8,12,19H,3,6-7,9H2,1-2H3,(H,21,22);2*1H. The van der Waals surface area contributed by atoms with Crippen LogP contribution in [0.4, 0.5) is 13.2 Å². The molecule has 0 aromatic carbocycles. The van der Waals surface area contributed by atoms with Crippen molar-refractivity contribution in [3.8, 4) is 0 Å². The van der Waals surface area contributed by atoms with E-state index in [0.717, 1.165) is 31.5 Å². The second-order valence-electron chi connectivity index (χ2n) is 6.24. The number of nitrogens with one attached hydrogen (secondary N) is 2. The molecule has 9 heteroatoms. The van der Waals surface area contributed by atoms with Crippen LogP contribution in [0, 0.1) is 5.41 Å². The maximum Gasteiger partial charge on any atom is 0.417 e. The second-order valence-corrected chi connectivity index (χ2v) is 6.24. The molecule has 0 spiro atoms. The molecule has 0 saturated carbocycles. The van der Waals surface area contributed by atoms with E-state index in [2.05, 4.69) is 29.5 Å². The molecule has 1 amide bonds. The molecule has 0 bridgehead atoms. The lowest BCUT2D eigenvalue weighted by atomic mass is 9.77. The highest BCUT2D eigenvalue weighted by molar-refractivity contribution is 5.92. The van der Waals surface area contributed by atoms with Crippen molar-refractivity contribution in [1.29, 1.82) is 0 Å². The van der Waals surface area contributed by atoms with Gasteiger partial charge in [0.15, 0.2) is 0 Å². The fourth-order valence-corrected chi connectivity index (χ4v) is 2.60. The van der Waals surface area contributed by atoms with Gasteiger partial charge in [0.25, 0.3) is 5.91 Å². The average Bonchev–Trinajstić information content (AvgIpc) is 2.44. The van der Waals surface area contributed by atoms with E-state index in [1.165, 1.54) is 0 Å². The zero-order valence-electron chi connectivity index (χ0n) is 13.4. The quantitative estimate of drug-likeness (QED) is 0.834. The lowest BCUT2D eigenvalue weighted by Gasteiger charge is -2.39. The van der Waals surface area contributed by atoms with E-state index >= 15 is 0 Å². The molecule has 1 saturated heterocycles. The predicted molar refractivity (Wildman–Crippen MR) is 90.9 cm³/mol. The van der Waals surface area contributed by atoms with E-state index in [1.807, 2.05) is 0 Å². The summed E-state index contributed by atoms with van der Waals surface area (Å²) >= 11 is 0. The van der Waals surface area contributed by atoms with Gasteiger partial charge in [0.1, 0.15) is 5.69 Å². The van der Waals surface area contributed by atoms with Crippen LogP contribution in [0.25, 0.3) is 0 Å². The maximum absolute atomic E-state index is 12.4. The molecule has 4 nitrogen and oxygen atoms in total. The minimum Gasteiger partial charge on any atom is -0.349 e. The first-order chi connectivity index (χ1) is 10.2. The Balaban J connectivity index is 0.00000264. The van der Waals surface area contributed by atoms with Crippen molar-refractivity contribution in [2.45, 2.75) is 38.9 Å². The van der Waals surface area contributed by atoms with Gasteiger partial charge in [0, 0.05) is 18.8 Å². The molecule has 1 aromatic rings. The third-order valence-corrected chi connectivity index (χ3v) is 4.12. The van der Waals surface area contributed by atoms with Crippen molar-refractivity contribution in [3.05, 3.63) is 29.6 Å². The number of carbonyl (C=O) groups is 1. The summed E-state index contributed by atoms with van der Waals surface area (Å²) < 4.78 is 37.3. The van der Waals surface area contributed by atoms with Crippen LogP contribution in [-0.4, -0.2) is 30.0 Å². The Bertz CT molecular complexity index is 536. The van der Waals surface area contributed by atoms with E-state index in [-0.39, 0.29) is 42.0 Å². The monoisotopic (exact) mass is 387 g/mol. The smallest absolute Gasteiger partial charge is 0.349 e. The van der Waals surface area contributed by atoms with Crippen LogP contribution in [0.15, 0.2) is 18.3 Å². The summed E-state index contributed by atoms with van der Waals surface area (Å²) in [6.45, 7) is 5.59. The van der Waals surface area contributed by atoms with Crippen molar-refractivity contribution in [1.82, 2.24) is 15.6 Å². The van der Waals surface area contributed by atoms with Crippen molar-refractivity contribution < 1.29 is 18.0 Å². The molecule has 1 aliphatic heterocycles. The number of aromatic nitrogens is 1. The topological polar surface area (TPSA) is 54.0 Å². The van der Waals surface area contributed by atoms with Crippen LogP contribution in [0.5, 0.6) is 0 Å². The van der Waals surface area contributed by atoms with Crippen LogP contribution < -0.4 is 10.6 Å². The predicted octanol–water partition coefficient (Wildman–Crippen LogP) is 3.45. The van der Waals surface area contributed by atoms with Crippen LogP contribution in [0.1, 0.15) is 42.7 Å². The number of hydrogen-bond donors (Lipinski definition) is 2. The first-order valence-corrected chi connectivity index (χ1v) is 7.25. The van der Waals surface area contributed by atoms with Gasteiger partial charge in [-0.25, -0.2) is 0 Å². The number of halogens is 5. The van der Waals surface area contributed by atoms with Gasteiger partial charge in [-0.1, -0.05) is 13.8 Å². The van der Waals surface area contributed by atoms with E-state index in [1.54, 1.807) is 0 Å². The number of nitrogens with zero attached hydrogens (tertiary/aromatic N) is 1. The molecule has 1 unspecified atom stereocenters. The van der Waals surface area contributed by atoms with Crippen molar-refractivity contribution >= 4 is 30.7 Å². The number of alkyl halides is 3. The average molecular weight is 388 g/mol. The number of hydrogen-bond acceptors (Lipinski definition) is 3. The van der Waals surface area contributed by atoms with Crippen molar-refractivity contribution in [2.75, 3.05) is 13.1 Å². The van der Waals surface area contributed by atoms with Gasteiger partial charge < -0.3 is 10.6 Å². The highest BCUT2D eigenvalue weighted by Gasteiger charge is 2.33. The molecular weight excluding hydrogens is 366 g/mol. The van der Waals surface area contributed by atoms with E-state index in [4.69, 9.17) is 0 Å². The molecule has 0 radical (unpaired) electrons. The Labute approximate surface area is 151 Å². The zero-order valence-corrected chi connectivity index (χ0v) is 15.1. The number of pyridine rings is 1. The summed E-state index contributed by atoms with van der Waals surface area (Å²) in [6, 6.07) is 2.10. The molecular formula is C15H22Cl2F3N3O. The number of amides is 1. The lowest BCUT2D eigenvalue weighted by molar-refractivity contribution is -0.137. The lowest BCUT2D eigenvalue weighted by Crippen LogP contribution is -2.52. The third kappa shape index (κ3) is 5.79. The van der Waals surface area contributed by atoms with E-state index < -0.39 is 17.6 Å². The van der Waals surface area contributed by atoms with Crippen LogP contribution in [-0.2, 0) is 6.18 Å². The summed E-state index contributed by atoms with van der Waals surface area (Å²) in [6.07, 6.45) is -1.60. The molecule has 2 rings (SSSR count). The molecule has 1 aliphatic rings. The summed E-state index contributed by atoms with van der Waals surface area (Å²) in [5.74, 6) is -0.461. The third-order valence-electron chi connectivity index (χ3n) is 4.12. The molecule has 2 heterocycles. The number of carbonyl (C=O) groups excluding carboxylic acids is 1. The molecule has 2 N–H and O–H groups in total. The molecule has 0 aliphatic carbocycles. The van der Waals surface area contributed by atoms with E-state index in [0.29, 0.717) is 12.7 Å². The first-order valence-electron chi connectivity index (χ1n) is 7.25. The fourth-order valence-electron chi connectivity index (χ4n) is 2.60. The van der Waals surface area contributed by atoms with Gasteiger partial charge >= 0.3 is 6.18 Å². The minimum atomic E-state index is -4.45. The highest BCUT2D eigenvalue weighted by Crippen LogP contribution is 2.30. The summed E-state index contributed by atoms with van der Waals surface area (Å²) in [5.41, 5.74) is -0.806. The summed E-state index contributed by atoms with van der Waals surface area (Å²) in [7, 11) is 0. The van der Waals surface area contributed by atoms with Gasteiger partial charge in [-0.2, -0.15) is 13.2 Å². The summed E-state index contributed by atoms with van der Waals surface area (Å²) in [4.78, 5) is 15.6. The molecule has 138 valence electrons. The van der Waals surface area contributed by atoms with Crippen molar-refractivity contribution in [3.63, 3.8) is 0 Å². The molecule has 1 aromatic heterocycles. The largest absolute Gasteiger partial charge is 0.417 e. The van der Waals surface area contributed by atoms with Crippen LogP contribution in [0.3, 0.4) is 0 Å². The Morgan fingerprint density at radius 3 is 2.54 bits per heavy atom. The molecule has 24 heavy (non-hydrogen) atoms. The van der Waals surface area contributed by atoms with E-state index in [9.17, 15) is 18.0 Å². The van der Waals surface area contributed by atoms with Crippen molar-refractivity contribution in [2.24, 2.45) is 5.41 Å². The van der Waals surface area contributed by atoms with Gasteiger partial charge in [0.05, 0.1) is 5.56 Å². The Morgan fingerprint density at radius 2 is 2.04 bits per heavy atom. The van der Waals surface area contributed by atoms with Gasteiger partial charge in [-0.15, -0.1) is 24.8 Å². The first kappa shape index (κ1) is 22.9. The Kier molecular flexibility index (Phi) is 8.49. The highest BCUT2D eigenvalue weighted by atomic mass is 35.5. The second kappa shape index (κ2) is 8.87. The zero-order chi connectivity index (χ0) is 16.4. The SMILES string of the molecule is CC1(C)CCCNC1CNC(=O)c1ccc(C(F)(F)F)cn1.Cl.Cl.